The van der Waals surface area contributed by atoms with Crippen molar-refractivity contribution < 1.29 is 19.7 Å². The van der Waals surface area contributed by atoms with Crippen LogP contribution in [0.1, 0.15) is 20.1 Å². The Balaban J connectivity index is 1.70. The molecule has 5 N–H and O–H groups in total. The lowest BCUT2D eigenvalue weighted by atomic mass is 10.1. The molecule has 0 radical (unpaired) electrons. The van der Waals surface area contributed by atoms with Gasteiger partial charge in [-0.3, -0.25) is 9.36 Å². The smallest absolute Gasteiger partial charge is 0.252 e. The molecule has 1 saturated heterocycles. The van der Waals surface area contributed by atoms with Crippen molar-refractivity contribution in [2.24, 2.45) is 0 Å². The summed E-state index contributed by atoms with van der Waals surface area (Å²) in [6.07, 6.45) is -2.25. The van der Waals surface area contributed by atoms with Gasteiger partial charge in [-0.2, -0.15) is 0 Å². The van der Waals surface area contributed by atoms with Gasteiger partial charge in [0.2, 0.25) is 0 Å². The van der Waals surface area contributed by atoms with Crippen LogP contribution in [0.4, 0.5) is 5.82 Å². The van der Waals surface area contributed by atoms with Gasteiger partial charge >= 0.3 is 0 Å². The third-order valence-electron chi connectivity index (χ3n) is 4.78. The van der Waals surface area contributed by atoms with E-state index in [0.29, 0.717) is 24.3 Å². The molecule has 1 fully saturated rings. The second-order valence-electron chi connectivity index (χ2n) is 6.33. The van der Waals surface area contributed by atoms with Crippen LogP contribution in [0.15, 0.2) is 12.7 Å². The zero-order valence-corrected chi connectivity index (χ0v) is 15.3. The van der Waals surface area contributed by atoms with E-state index in [1.165, 1.54) is 17.2 Å². The molecular weight excluding hydrogens is 354 g/mol. The molecule has 11 heteroatoms. The molecule has 0 aliphatic carbocycles. The van der Waals surface area contributed by atoms with Gasteiger partial charge in [0, 0.05) is 13.1 Å². The molecule has 0 bridgehead atoms. The number of amides is 1. The van der Waals surface area contributed by atoms with Crippen LogP contribution in [-0.2, 0) is 9.53 Å². The van der Waals surface area contributed by atoms with Gasteiger partial charge in [-0.1, -0.05) is 13.8 Å². The number of imidazole rings is 1. The summed E-state index contributed by atoms with van der Waals surface area (Å²) in [5.74, 6) is -0.285. The highest BCUT2D eigenvalue weighted by molar-refractivity contribution is 5.82. The molecule has 0 aromatic carbocycles. The van der Waals surface area contributed by atoms with Gasteiger partial charge in [0.15, 0.2) is 23.8 Å². The summed E-state index contributed by atoms with van der Waals surface area (Å²) in [4.78, 5) is 26.6. The van der Waals surface area contributed by atoms with Crippen LogP contribution in [0.3, 0.4) is 0 Å². The molecule has 0 saturated carbocycles. The lowest BCUT2D eigenvalue weighted by Gasteiger charge is -2.19. The van der Waals surface area contributed by atoms with E-state index in [-0.39, 0.29) is 5.82 Å². The second kappa shape index (κ2) is 8.13. The Morgan fingerprint density at radius 2 is 2.04 bits per heavy atom. The van der Waals surface area contributed by atoms with E-state index < -0.39 is 30.4 Å². The minimum atomic E-state index is -1.37. The predicted molar refractivity (Wildman–Crippen MR) is 96.5 cm³/mol. The highest BCUT2D eigenvalue weighted by Crippen LogP contribution is 2.32. The van der Waals surface area contributed by atoms with Crippen LogP contribution in [0.2, 0.25) is 0 Å². The van der Waals surface area contributed by atoms with Crippen LogP contribution in [0.5, 0.6) is 0 Å². The maximum atomic E-state index is 12.4. The number of nitrogens with zero attached hydrogens (tertiary/aromatic N) is 5. The van der Waals surface area contributed by atoms with E-state index in [1.54, 1.807) is 0 Å². The molecular formula is C16H25N7O4. The van der Waals surface area contributed by atoms with Crippen molar-refractivity contribution in [1.29, 1.82) is 0 Å². The summed E-state index contributed by atoms with van der Waals surface area (Å²) < 4.78 is 7.08. The van der Waals surface area contributed by atoms with E-state index in [9.17, 15) is 15.0 Å². The number of likely N-dealkylation sites (N-methyl/N-ethyl adjacent to an activating group) is 1. The molecule has 1 aliphatic rings. The number of rotatable bonds is 7. The average Bonchev–Trinajstić information content (AvgIpc) is 3.21. The number of hydrogen-bond donors (Lipinski definition) is 4. The van der Waals surface area contributed by atoms with Crippen molar-refractivity contribution in [1.82, 2.24) is 29.7 Å². The maximum Gasteiger partial charge on any atom is 0.252 e. The molecule has 1 amide bonds. The molecule has 1 aliphatic heterocycles. The zero-order valence-electron chi connectivity index (χ0n) is 15.3. The fraction of sp³-hybridized carbons (Fsp3) is 0.625. The largest absolute Gasteiger partial charge is 0.387 e. The fourth-order valence-electron chi connectivity index (χ4n) is 3.14. The van der Waals surface area contributed by atoms with E-state index in [2.05, 4.69) is 25.2 Å². The number of aliphatic hydroxyl groups excluding tert-OH is 2. The molecule has 2 aromatic heterocycles. The Labute approximate surface area is 156 Å². The van der Waals surface area contributed by atoms with E-state index in [1.807, 2.05) is 13.8 Å². The van der Waals surface area contributed by atoms with Crippen LogP contribution in [0.25, 0.3) is 11.2 Å². The average molecular weight is 379 g/mol. The summed E-state index contributed by atoms with van der Waals surface area (Å²) in [7, 11) is 0. The van der Waals surface area contributed by atoms with Crippen molar-refractivity contribution in [3.8, 4) is 0 Å². The minimum Gasteiger partial charge on any atom is -0.387 e. The number of aromatic nitrogens is 4. The monoisotopic (exact) mass is 379 g/mol. The first-order valence-corrected chi connectivity index (χ1v) is 8.92. The fourth-order valence-corrected chi connectivity index (χ4v) is 3.14. The van der Waals surface area contributed by atoms with E-state index >= 15 is 0 Å². The summed E-state index contributed by atoms with van der Waals surface area (Å²) in [5, 5.41) is 23.4. The van der Waals surface area contributed by atoms with Gasteiger partial charge in [0.1, 0.15) is 24.1 Å². The van der Waals surface area contributed by atoms with Crippen LogP contribution in [0, 0.1) is 0 Å². The van der Waals surface area contributed by atoms with Gasteiger partial charge in [0.25, 0.3) is 5.91 Å². The quantitative estimate of drug-likeness (QED) is 0.450. The number of anilines is 1. The molecule has 0 spiro atoms. The van der Waals surface area contributed by atoms with Crippen molar-refractivity contribution in [3.63, 3.8) is 0 Å². The number of nitrogens with one attached hydrogen (secondary N) is 1. The third kappa shape index (κ3) is 3.72. The Morgan fingerprint density at radius 3 is 2.74 bits per heavy atom. The van der Waals surface area contributed by atoms with Gasteiger partial charge < -0.3 is 30.9 Å². The summed E-state index contributed by atoms with van der Waals surface area (Å²) in [6.45, 7) is 6.97. The summed E-state index contributed by atoms with van der Waals surface area (Å²) >= 11 is 0. The molecule has 4 atom stereocenters. The van der Waals surface area contributed by atoms with Crippen LogP contribution >= 0.6 is 0 Å². The third-order valence-corrected chi connectivity index (χ3v) is 4.78. The van der Waals surface area contributed by atoms with E-state index in [0.717, 1.165) is 13.1 Å². The van der Waals surface area contributed by atoms with Gasteiger partial charge in [-0.15, -0.1) is 0 Å². The minimum absolute atomic E-state index is 0.192. The van der Waals surface area contributed by atoms with Gasteiger partial charge in [-0.25, -0.2) is 15.0 Å². The van der Waals surface area contributed by atoms with Crippen LogP contribution < -0.4 is 11.1 Å². The first-order chi connectivity index (χ1) is 13.0. The predicted octanol–water partition coefficient (Wildman–Crippen LogP) is -1.51. The van der Waals surface area contributed by atoms with Gasteiger partial charge in [0.05, 0.1) is 6.33 Å². The van der Waals surface area contributed by atoms with E-state index in [4.69, 9.17) is 10.5 Å². The Kier molecular flexibility index (Phi) is 5.85. The van der Waals surface area contributed by atoms with Crippen molar-refractivity contribution in [3.05, 3.63) is 12.7 Å². The second-order valence-corrected chi connectivity index (χ2v) is 6.33. The molecule has 3 rings (SSSR count). The number of carbonyl (C=O) groups is 1. The Bertz CT molecular complexity index is 794. The van der Waals surface area contributed by atoms with Gasteiger partial charge in [-0.05, 0) is 13.1 Å². The number of ether oxygens (including phenoxy) is 1. The molecule has 3 heterocycles. The molecule has 2 aromatic rings. The Hall–Kier alpha value is -2.34. The Morgan fingerprint density at radius 1 is 1.30 bits per heavy atom. The number of hydrogen-bond acceptors (Lipinski definition) is 9. The number of aliphatic hydroxyl groups is 2. The summed E-state index contributed by atoms with van der Waals surface area (Å²) in [6, 6.07) is 0. The first kappa shape index (κ1) is 19.4. The lowest BCUT2D eigenvalue weighted by Crippen LogP contribution is -2.45. The summed E-state index contributed by atoms with van der Waals surface area (Å²) in [5.41, 5.74) is 6.46. The van der Waals surface area contributed by atoms with Crippen molar-refractivity contribution >= 4 is 22.9 Å². The lowest BCUT2D eigenvalue weighted by molar-refractivity contribution is -0.137. The first-order valence-electron chi connectivity index (χ1n) is 8.92. The standard InChI is InChI=1S/C16H25N7O4/c1-3-22(4-2)6-5-18-15(26)12-10(24)11(25)16(27-12)23-8-21-9-13(17)19-7-20-14(9)23/h7-8,10-12,16,24-25H,3-6H2,1-2H3,(H,18,26)(H2,17,19,20)/t10-,11+,12-,16+/m0/s1. The van der Waals surface area contributed by atoms with Crippen molar-refractivity contribution in [2.45, 2.75) is 38.4 Å². The molecule has 27 heavy (non-hydrogen) atoms. The molecule has 148 valence electrons. The van der Waals surface area contributed by atoms with Crippen LogP contribution in [-0.4, -0.2) is 85.0 Å². The SMILES string of the molecule is CCN(CC)CCNC(=O)[C@H]1O[C@@H](n2cnc3c(N)ncnc32)[C@H](O)[C@@H]1O. The highest BCUT2D eigenvalue weighted by Gasteiger charge is 2.47. The number of carbonyl (C=O) groups excluding carboxylic acids is 1. The van der Waals surface area contributed by atoms with Crippen molar-refractivity contribution in [2.75, 3.05) is 31.9 Å². The molecule has 0 unspecified atom stereocenters. The maximum absolute atomic E-state index is 12.4. The zero-order chi connectivity index (χ0) is 19.6. The molecule has 11 nitrogen and oxygen atoms in total. The number of fused-ring (bicyclic) bond motifs is 1. The normalized spacial score (nSPS) is 25.4. The number of nitrogens with two attached hydrogens (primary N) is 1. The highest BCUT2D eigenvalue weighted by atomic mass is 16.6. The topological polar surface area (TPSA) is 152 Å². The number of nitrogen functional groups attached to an aromatic ring is 1.